The first-order valence-electron chi connectivity index (χ1n) is 7.88. The van der Waals surface area contributed by atoms with E-state index in [0.29, 0.717) is 12.5 Å². The van der Waals surface area contributed by atoms with Crippen LogP contribution in [0.4, 0.5) is 0 Å². The Kier molecular flexibility index (Phi) is 7.75. The first-order valence-corrected chi connectivity index (χ1v) is 7.88. The van der Waals surface area contributed by atoms with E-state index in [4.69, 9.17) is 9.47 Å². The molecule has 0 aliphatic heterocycles. The summed E-state index contributed by atoms with van der Waals surface area (Å²) in [6.45, 7) is 8.26. The number of esters is 1. The minimum atomic E-state index is -0.567. The number of ether oxygens (including phenoxy) is 2. The summed E-state index contributed by atoms with van der Waals surface area (Å²) in [6.07, 6.45) is -0.481. The molecule has 0 aliphatic carbocycles. The lowest BCUT2D eigenvalue weighted by atomic mass is 10.0. The van der Waals surface area contributed by atoms with E-state index in [9.17, 15) is 9.59 Å². The average Bonchev–Trinajstić information content (AvgIpc) is 2.52. The second-order valence-corrected chi connectivity index (χ2v) is 6.12. The van der Waals surface area contributed by atoms with Crippen LogP contribution in [-0.2, 0) is 19.1 Å². The van der Waals surface area contributed by atoms with Crippen LogP contribution in [-0.4, -0.2) is 31.7 Å². The molecule has 0 saturated heterocycles. The van der Waals surface area contributed by atoms with Crippen LogP contribution < -0.4 is 5.32 Å². The number of benzene rings is 1. The van der Waals surface area contributed by atoms with Crippen LogP contribution in [0.25, 0.3) is 0 Å². The number of aryl methyl sites for hydroxylation is 1. The number of methoxy groups -OCH3 is 1. The van der Waals surface area contributed by atoms with Crippen LogP contribution in [0.15, 0.2) is 24.3 Å². The van der Waals surface area contributed by atoms with Crippen molar-refractivity contribution in [2.24, 2.45) is 5.92 Å². The van der Waals surface area contributed by atoms with Crippen LogP contribution in [0.5, 0.6) is 0 Å². The van der Waals surface area contributed by atoms with E-state index in [1.54, 1.807) is 6.92 Å². The molecule has 0 aliphatic rings. The third-order valence-electron chi connectivity index (χ3n) is 3.44. The second kappa shape index (κ2) is 9.30. The number of amides is 1. The molecule has 5 nitrogen and oxygen atoms in total. The van der Waals surface area contributed by atoms with Crippen molar-refractivity contribution in [1.29, 1.82) is 0 Å². The minimum Gasteiger partial charge on any atom is -0.469 e. The first kappa shape index (κ1) is 19.2. The topological polar surface area (TPSA) is 64.6 Å². The Morgan fingerprint density at radius 3 is 2.26 bits per heavy atom. The minimum absolute atomic E-state index is 0.0855. The van der Waals surface area contributed by atoms with Gasteiger partial charge < -0.3 is 14.8 Å². The summed E-state index contributed by atoms with van der Waals surface area (Å²) in [5.74, 6) is -0.250. The third kappa shape index (κ3) is 6.82. The molecule has 128 valence electrons. The van der Waals surface area contributed by atoms with Crippen LogP contribution in [0.2, 0.25) is 0 Å². The third-order valence-corrected chi connectivity index (χ3v) is 3.44. The molecule has 1 rings (SSSR count). The Hall–Kier alpha value is -1.88. The molecule has 0 spiro atoms. The van der Waals surface area contributed by atoms with E-state index in [0.717, 1.165) is 11.1 Å². The Morgan fingerprint density at radius 2 is 1.74 bits per heavy atom. The van der Waals surface area contributed by atoms with Gasteiger partial charge in [0.15, 0.2) is 0 Å². The molecular formula is C18H27NO4. The number of carbonyl (C=O) groups is 2. The maximum Gasteiger partial charge on any atom is 0.307 e. The fourth-order valence-electron chi connectivity index (χ4n) is 2.00. The SMILES string of the molecule is COC(=O)C[C@@H](NC(=O)[C@H](C)OCC(C)C)c1ccc(C)cc1. The molecule has 0 unspecified atom stereocenters. The molecule has 1 aromatic rings. The zero-order chi connectivity index (χ0) is 17.4. The van der Waals surface area contributed by atoms with Gasteiger partial charge in [0.2, 0.25) is 5.91 Å². The van der Waals surface area contributed by atoms with Gasteiger partial charge in [-0.25, -0.2) is 0 Å². The number of nitrogens with one attached hydrogen (secondary N) is 1. The fourth-order valence-corrected chi connectivity index (χ4v) is 2.00. The van der Waals surface area contributed by atoms with E-state index >= 15 is 0 Å². The summed E-state index contributed by atoms with van der Waals surface area (Å²) in [7, 11) is 1.34. The molecule has 0 saturated carbocycles. The summed E-state index contributed by atoms with van der Waals surface area (Å²) in [5.41, 5.74) is 1.98. The van der Waals surface area contributed by atoms with Crippen molar-refractivity contribution in [3.05, 3.63) is 35.4 Å². The lowest BCUT2D eigenvalue weighted by molar-refractivity contribution is -0.141. The lowest BCUT2D eigenvalue weighted by Gasteiger charge is -2.21. The summed E-state index contributed by atoms with van der Waals surface area (Å²) in [5, 5.41) is 2.88. The first-order chi connectivity index (χ1) is 10.8. The zero-order valence-electron chi connectivity index (χ0n) is 14.6. The number of rotatable bonds is 8. The molecular weight excluding hydrogens is 294 g/mol. The van der Waals surface area contributed by atoms with Crippen LogP contribution >= 0.6 is 0 Å². The van der Waals surface area contributed by atoms with Gasteiger partial charge >= 0.3 is 5.97 Å². The van der Waals surface area contributed by atoms with E-state index in [2.05, 4.69) is 5.32 Å². The van der Waals surface area contributed by atoms with E-state index in [1.807, 2.05) is 45.0 Å². The van der Waals surface area contributed by atoms with Crippen molar-refractivity contribution >= 4 is 11.9 Å². The van der Waals surface area contributed by atoms with Gasteiger partial charge in [0.25, 0.3) is 0 Å². The normalized spacial score (nSPS) is 13.5. The molecule has 1 amide bonds. The van der Waals surface area contributed by atoms with Gasteiger partial charge in [0.1, 0.15) is 6.10 Å². The Balaban J connectivity index is 2.78. The van der Waals surface area contributed by atoms with Crippen LogP contribution in [0.1, 0.15) is 44.4 Å². The Bertz CT molecular complexity index is 510. The standard InChI is InChI=1S/C18H27NO4/c1-12(2)11-23-14(4)18(21)19-16(10-17(20)22-5)15-8-6-13(3)7-9-15/h6-9,12,14,16H,10-11H2,1-5H3,(H,19,21)/t14-,16+/m0/s1. The number of carbonyl (C=O) groups excluding carboxylic acids is 2. The largest absolute Gasteiger partial charge is 0.469 e. The van der Waals surface area contributed by atoms with Crippen molar-refractivity contribution in [1.82, 2.24) is 5.32 Å². The summed E-state index contributed by atoms with van der Waals surface area (Å²) in [4.78, 5) is 23.9. The summed E-state index contributed by atoms with van der Waals surface area (Å²) in [6, 6.07) is 7.28. The summed E-state index contributed by atoms with van der Waals surface area (Å²) >= 11 is 0. The molecule has 2 atom stereocenters. The van der Waals surface area contributed by atoms with Gasteiger partial charge in [-0.2, -0.15) is 0 Å². The van der Waals surface area contributed by atoms with Crippen molar-refractivity contribution in [2.75, 3.05) is 13.7 Å². The van der Waals surface area contributed by atoms with Crippen LogP contribution in [0, 0.1) is 12.8 Å². The molecule has 0 fully saturated rings. The summed E-state index contributed by atoms with van der Waals surface area (Å²) < 4.78 is 10.2. The highest BCUT2D eigenvalue weighted by molar-refractivity contribution is 5.81. The quantitative estimate of drug-likeness (QED) is 0.748. The van der Waals surface area contributed by atoms with Crippen molar-refractivity contribution in [3.63, 3.8) is 0 Å². The maximum atomic E-state index is 12.3. The molecule has 1 N–H and O–H groups in total. The van der Waals surface area contributed by atoms with Gasteiger partial charge in [0.05, 0.1) is 19.6 Å². The van der Waals surface area contributed by atoms with Crippen molar-refractivity contribution in [2.45, 2.75) is 46.3 Å². The second-order valence-electron chi connectivity index (χ2n) is 6.12. The average molecular weight is 321 g/mol. The van der Waals surface area contributed by atoms with Gasteiger partial charge in [-0.3, -0.25) is 9.59 Å². The lowest BCUT2D eigenvalue weighted by Crippen LogP contribution is -2.38. The Labute approximate surface area is 138 Å². The van der Waals surface area contributed by atoms with Crippen molar-refractivity contribution < 1.29 is 19.1 Å². The monoisotopic (exact) mass is 321 g/mol. The zero-order valence-corrected chi connectivity index (χ0v) is 14.6. The van der Waals surface area contributed by atoms with Gasteiger partial charge in [-0.1, -0.05) is 43.7 Å². The predicted molar refractivity (Wildman–Crippen MR) is 88.9 cm³/mol. The fraction of sp³-hybridized carbons (Fsp3) is 0.556. The highest BCUT2D eigenvalue weighted by Crippen LogP contribution is 2.18. The highest BCUT2D eigenvalue weighted by Gasteiger charge is 2.22. The van der Waals surface area contributed by atoms with Crippen molar-refractivity contribution in [3.8, 4) is 0 Å². The number of hydrogen-bond acceptors (Lipinski definition) is 4. The maximum absolute atomic E-state index is 12.3. The molecule has 23 heavy (non-hydrogen) atoms. The van der Waals surface area contributed by atoms with Gasteiger partial charge in [0, 0.05) is 6.61 Å². The van der Waals surface area contributed by atoms with E-state index < -0.39 is 12.1 Å². The number of hydrogen-bond donors (Lipinski definition) is 1. The Morgan fingerprint density at radius 1 is 1.13 bits per heavy atom. The molecule has 1 aromatic carbocycles. The van der Waals surface area contributed by atoms with Gasteiger partial charge in [-0.15, -0.1) is 0 Å². The molecule has 0 aromatic heterocycles. The van der Waals surface area contributed by atoms with Crippen LogP contribution in [0.3, 0.4) is 0 Å². The molecule has 0 radical (unpaired) electrons. The van der Waals surface area contributed by atoms with E-state index in [1.165, 1.54) is 7.11 Å². The predicted octanol–water partition coefficient (Wildman–Crippen LogP) is 2.78. The van der Waals surface area contributed by atoms with Gasteiger partial charge in [-0.05, 0) is 25.3 Å². The smallest absolute Gasteiger partial charge is 0.307 e. The van der Waals surface area contributed by atoms with E-state index in [-0.39, 0.29) is 18.3 Å². The highest BCUT2D eigenvalue weighted by atomic mass is 16.5. The molecule has 5 heteroatoms. The molecule has 0 bridgehead atoms. The molecule has 0 heterocycles.